The van der Waals surface area contributed by atoms with Crippen molar-refractivity contribution in [2.45, 2.75) is 6.42 Å². The summed E-state index contributed by atoms with van der Waals surface area (Å²) in [4.78, 5) is 25.2. The first-order valence-electron chi connectivity index (χ1n) is 6.19. The summed E-state index contributed by atoms with van der Waals surface area (Å²) < 4.78 is 5.09. The van der Waals surface area contributed by atoms with Crippen LogP contribution in [0.2, 0.25) is 0 Å². The molecule has 1 aromatic carbocycles. The molecule has 2 amide bonds. The number of carbonyl (C=O) groups is 2. The second-order valence-corrected chi connectivity index (χ2v) is 5.70. The van der Waals surface area contributed by atoms with Gasteiger partial charge in [-0.15, -0.1) is 0 Å². The van der Waals surface area contributed by atoms with Crippen LogP contribution in [0, 0.1) is 0 Å². The number of nitrogens with two attached hydrogens (primary N) is 1. The van der Waals surface area contributed by atoms with Crippen LogP contribution in [0.3, 0.4) is 0 Å². The first kappa shape index (κ1) is 15.5. The van der Waals surface area contributed by atoms with Crippen LogP contribution in [0.5, 0.6) is 5.75 Å². The lowest BCUT2D eigenvalue weighted by molar-refractivity contribution is -0.118. The summed E-state index contributed by atoms with van der Waals surface area (Å²) in [5, 5.41) is -0.180. The smallest absolute Gasteiger partial charge is 0.291 e. The van der Waals surface area contributed by atoms with Crippen molar-refractivity contribution < 1.29 is 14.3 Å². The summed E-state index contributed by atoms with van der Waals surface area (Å²) in [6.07, 6.45) is 1.94. The van der Waals surface area contributed by atoms with Crippen LogP contribution in [0.4, 0.5) is 4.79 Å². The van der Waals surface area contributed by atoms with E-state index in [2.05, 4.69) is 0 Å². The van der Waals surface area contributed by atoms with Crippen molar-refractivity contribution in [1.82, 2.24) is 4.90 Å². The highest BCUT2D eigenvalue weighted by molar-refractivity contribution is 8.19. The second kappa shape index (κ2) is 6.73. The average Bonchev–Trinajstić information content (AvgIpc) is 2.72. The number of ether oxygens (including phenoxy) is 1. The number of nitrogens with zero attached hydrogens (tertiary/aromatic N) is 1. The molecule has 0 aromatic heterocycles. The minimum Gasteiger partial charge on any atom is -0.497 e. The minimum absolute atomic E-state index is 0.0995. The molecule has 0 radical (unpaired) electrons. The van der Waals surface area contributed by atoms with Gasteiger partial charge in [0.15, 0.2) is 0 Å². The Hall–Kier alpha value is -1.86. The number of thiocarbonyl (C=S) groups is 1. The number of rotatable bonds is 5. The van der Waals surface area contributed by atoms with E-state index in [1.54, 1.807) is 7.11 Å². The van der Waals surface area contributed by atoms with Gasteiger partial charge in [0.1, 0.15) is 10.7 Å². The lowest BCUT2D eigenvalue weighted by atomic mass is 10.2. The number of primary amides is 1. The molecule has 7 heteroatoms. The number of carbonyl (C=O) groups excluding carboxylic acids is 2. The van der Waals surface area contributed by atoms with Crippen molar-refractivity contribution in [3.05, 3.63) is 34.7 Å². The highest BCUT2D eigenvalue weighted by Crippen LogP contribution is 2.33. The van der Waals surface area contributed by atoms with E-state index in [1.807, 2.05) is 30.3 Å². The molecule has 0 unspecified atom stereocenters. The standard InChI is InChI=1S/C14H14N2O3S2/c1-19-10-4-2-9(3-5-10)8-11-13(20)16(14(18)21-11)7-6-12(15)17/h2-5,8H,6-7H2,1H3,(H2,15,17). The topological polar surface area (TPSA) is 72.6 Å². The van der Waals surface area contributed by atoms with Gasteiger partial charge in [-0.2, -0.15) is 0 Å². The lowest BCUT2D eigenvalue weighted by Crippen LogP contribution is -2.30. The van der Waals surface area contributed by atoms with Crippen molar-refractivity contribution >= 4 is 46.2 Å². The zero-order valence-corrected chi connectivity index (χ0v) is 13.0. The zero-order chi connectivity index (χ0) is 15.4. The van der Waals surface area contributed by atoms with Crippen molar-refractivity contribution in [1.29, 1.82) is 0 Å². The summed E-state index contributed by atoms with van der Waals surface area (Å²) in [5.74, 6) is 0.307. The Labute approximate surface area is 132 Å². The number of hydrogen-bond acceptors (Lipinski definition) is 5. The molecule has 0 bridgehead atoms. The van der Waals surface area contributed by atoms with Gasteiger partial charge in [-0.05, 0) is 35.5 Å². The number of methoxy groups -OCH3 is 1. The van der Waals surface area contributed by atoms with Crippen LogP contribution in [-0.4, -0.2) is 34.7 Å². The molecule has 1 aromatic rings. The second-order valence-electron chi connectivity index (χ2n) is 4.32. The number of thioether (sulfide) groups is 1. The van der Waals surface area contributed by atoms with Crippen molar-refractivity contribution in [3.8, 4) is 5.75 Å². The molecule has 110 valence electrons. The van der Waals surface area contributed by atoms with Gasteiger partial charge in [-0.25, -0.2) is 0 Å². The maximum Gasteiger partial charge on any atom is 0.291 e. The Morgan fingerprint density at radius 3 is 2.67 bits per heavy atom. The van der Waals surface area contributed by atoms with Gasteiger partial charge < -0.3 is 10.5 Å². The van der Waals surface area contributed by atoms with Crippen LogP contribution in [0.25, 0.3) is 6.08 Å². The molecule has 1 aliphatic rings. The first-order valence-corrected chi connectivity index (χ1v) is 7.41. The van der Waals surface area contributed by atoms with Gasteiger partial charge in [-0.1, -0.05) is 24.4 Å². The molecule has 0 aliphatic carbocycles. The lowest BCUT2D eigenvalue weighted by Gasteiger charge is -2.12. The van der Waals surface area contributed by atoms with E-state index < -0.39 is 5.91 Å². The van der Waals surface area contributed by atoms with E-state index in [0.29, 0.717) is 9.89 Å². The van der Waals surface area contributed by atoms with Crippen LogP contribution in [0.15, 0.2) is 29.2 Å². The molecule has 0 atom stereocenters. The van der Waals surface area contributed by atoms with Gasteiger partial charge >= 0.3 is 0 Å². The Balaban J connectivity index is 2.13. The van der Waals surface area contributed by atoms with Crippen molar-refractivity contribution in [3.63, 3.8) is 0 Å². The van der Waals surface area contributed by atoms with Gasteiger partial charge in [-0.3, -0.25) is 14.5 Å². The Kier molecular flexibility index (Phi) is 4.98. The Morgan fingerprint density at radius 1 is 1.43 bits per heavy atom. The van der Waals surface area contributed by atoms with Crippen LogP contribution in [0.1, 0.15) is 12.0 Å². The first-order chi connectivity index (χ1) is 10.0. The normalized spacial score (nSPS) is 16.6. The largest absolute Gasteiger partial charge is 0.497 e. The van der Waals surface area contributed by atoms with Crippen LogP contribution < -0.4 is 10.5 Å². The summed E-state index contributed by atoms with van der Waals surface area (Å²) >= 11 is 6.34. The molecule has 1 fully saturated rings. The van der Waals surface area contributed by atoms with Gasteiger partial charge in [0.2, 0.25) is 5.91 Å². The van der Waals surface area contributed by atoms with Crippen molar-refractivity contribution in [2.24, 2.45) is 5.73 Å². The van der Waals surface area contributed by atoms with Crippen LogP contribution >= 0.6 is 24.0 Å². The molecular formula is C14H14N2O3S2. The highest BCUT2D eigenvalue weighted by atomic mass is 32.2. The number of amides is 2. The molecule has 0 spiro atoms. The van der Waals surface area contributed by atoms with Gasteiger partial charge in [0.05, 0.1) is 12.0 Å². The molecule has 21 heavy (non-hydrogen) atoms. The van der Waals surface area contributed by atoms with Gasteiger partial charge in [0, 0.05) is 13.0 Å². The maximum absolute atomic E-state index is 11.9. The molecule has 1 heterocycles. The zero-order valence-electron chi connectivity index (χ0n) is 11.4. The third-order valence-electron chi connectivity index (χ3n) is 2.87. The maximum atomic E-state index is 11.9. The van der Waals surface area contributed by atoms with Crippen LogP contribution in [-0.2, 0) is 4.79 Å². The predicted molar refractivity (Wildman–Crippen MR) is 87.1 cm³/mol. The molecular weight excluding hydrogens is 308 g/mol. The third kappa shape index (κ3) is 3.83. The molecule has 1 aliphatic heterocycles. The van der Waals surface area contributed by atoms with Gasteiger partial charge in [0.25, 0.3) is 5.24 Å². The van der Waals surface area contributed by atoms with Crippen molar-refractivity contribution in [2.75, 3.05) is 13.7 Å². The average molecular weight is 322 g/mol. The fourth-order valence-electron chi connectivity index (χ4n) is 1.77. The highest BCUT2D eigenvalue weighted by Gasteiger charge is 2.31. The summed E-state index contributed by atoms with van der Waals surface area (Å²) in [6, 6.07) is 7.43. The number of hydrogen-bond donors (Lipinski definition) is 1. The van der Waals surface area contributed by atoms with E-state index in [1.165, 1.54) is 4.90 Å². The summed E-state index contributed by atoms with van der Waals surface area (Å²) in [5.41, 5.74) is 6.02. The predicted octanol–water partition coefficient (Wildman–Crippen LogP) is 2.41. The molecule has 2 N–H and O–H groups in total. The summed E-state index contributed by atoms with van der Waals surface area (Å²) in [6.45, 7) is 0.222. The van der Waals surface area contributed by atoms with E-state index in [4.69, 9.17) is 22.7 Å². The van der Waals surface area contributed by atoms with E-state index >= 15 is 0 Å². The SMILES string of the molecule is COc1ccc(C=C2SC(=O)N(CCC(N)=O)C2=S)cc1. The minimum atomic E-state index is -0.455. The Morgan fingerprint density at radius 2 is 2.10 bits per heavy atom. The molecule has 0 saturated carbocycles. The number of benzene rings is 1. The monoisotopic (exact) mass is 322 g/mol. The Bertz CT molecular complexity index is 611. The molecule has 5 nitrogen and oxygen atoms in total. The van der Waals surface area contributed by atoms with E-state index in [-0.39, 0.29) is 18.2 Å². The van der Waals surface area contributed by atoms with E-state index in [0.717, 1.165) is 23.1 Å². The quantitative estimate of drug-likeness (QED) is 0.666. The fraction of sp³-hybridized carbons (Fsp3) is 0.214. The fourth-order valence-corrected chi connectivity index (χ4v) is 3.06. The van der Waals surface area contributed by atoms with E-state index in [9.17, 15) is 9.59 Å². The molecule has 2 rings (SSSR count). The molecule has 1 saturated heterocycles. The third-order valence-corrected chi connectivity index (χ3v) is 4.36. The summed E-state index contributed by atoms with van der Waals surface area (Å²) in [7, 11) is 1.60.